The minimum Gasteiger partial charge on any atom is -0.393 e. The van der Waals surface area contributed by atoms with Crippen molar-refractivity contribution in [3.8, 4) is 0 Å². The highest BCUT2D eigenvalue weighted by Gasteiger charge is 2.34. The maximum atomic E-state index is 12.3. The van der Waals surface area contributed by atoms with Gasteiger partial charge in [0.2, 0.25) is 0 Å². The van der Waals surface area contributed by atoms with Crippen LogP contribution in [0, 0.1) is 12.8 Å². The first-order chi connectivity index (χ1) is 9.42. The first kappa shape index (κ1) is 14.8. The molecule has 20 heavy (non-hydrogen) atoms. The molecule has 0 aromatic carbocycles. The summed E-state index contributed by atoms with van der Waals surface area (Å²) in [6.07, 6.45) is 2.08. The maximum absolute atomic E-state index is 12.3. The molecular formula is C15H22N2O3. The van der Waals surface area contributed by atoms with Crippen molar-refractivity contribution in [1.82, 2.24) is 9.88 Å². The van der Waals surface area contributed by atoms with Crippen LogP contribution in [0.3, 0.4) is 0 Å². The van der Waals surface area contributed by atoms with Gasteiger partial charge < -0.3 is 15.0 Å². The van der Waals surface area contributed by atoms with Crippen molar-refractivity contribution in [3.63, 3.8) is 0 Å². The predicted octanol–water partition coefficient (Wildman–Crippen LogP) is 0.973. The van der Waals surface area contributed by atoms with Crippen molar-refractivity contribution in [2.75, 3.05) is 0 Å². The summed E-state index contributed by atoms with van der Waals surface area (Å²) in [4.78, 5) is 23.9. The van der Waals surface area contributed by atoms with E-state index in [1.165, 1.54) is 12.1 Å². The van der Waals surface area contributed by atoms with Gasteiger partial charge in [-0.1, -0.05) is 6.92 Å². The lowest BCUT2D eigenvalue weighted by atomic mass is 9.76. The Hall–Kier alpha value is -1.62. The average molecular weight is 278 g/mol. The lowest BCUT2D eigenvalue weighted by Crippen LogP contribution is -2.47. The van der Waals surface area contributed by atoms with Gasteiger partial charge in [0, 0.05) is 30.9 Å². The number of pyridine rings is 1. The largest absolute Gasteiger partial charge is 0.393 e. The molecule has 5 nitrogen and oxygen atoms in total. The molecule has 1 saturated carbocycles. The van der Waals surface area contributed by atoms with Crippen molar-refractivity contribution in [3.05, 3.63) is 33.7 Å². The van der Waals surface area contributed by atoms with Crippen LogP contribution in [-0.2, 0) is 7.05 Å². The zero-order valence-corrected chi connectivity index (χ0v) is 12.2. The minimum atomic E-state index is -0.228. The molecule has 1 amide bonds. The van der Waals surface area contributed by atoms with Crippen molar-refractivity contribution in [2.24, 2.45) is 13.0 Å². The van der Waals surface area contributed by atoms with Gasteiger partial charge in [0.05, 0.1) is 6.10 Å². The van der Waals surface area contributed by atoms with E-state index >= 15 is 0 Å². The number of carbonyl (C=O) groups is 1. The number of amides is 1. The first-order valence-electron chi connectivity index (χ1n) is 7.09. The SMILES string of the molecule is CC[C@H](NC(=O)c1cc(=O)cc(C)n1C)C1CC(O)C1. The lowest BCUT2D eigenvalue weighted by Gasteiger charge is -2.37. The summed E-state index contributed by atoms with van der Waals surface area (Å²) in [6.45, 7) is 3.82. The highest BCUT2D eigenvalue weighted by atomic mass is 16.3. The highest BCUT2D eigenvalue weighted by molar-refractivity contribution is 5.92. The van der Waals surface area contributed by atoms with Crippen LogP contribution in [0.25, 0.3) is 0 Å². The quantitative estimate of drug-likeness (QED) is 0.862. The maximum Gasteiger partial charge on any atom is 0.268 e. The fraction of sp³-hybridized carbons (Fsp3) is 0.600. The van der Waals surface area contributed by atoms with Crippen LogP contribution in [0.5, 0.6) is 0 Å². The van der Waals surface area contributed by atoms with Gasteiger partial charge in [-0.3, -0.25) is 9.59 Å². The van der Waals surface area contributed by atoms with Crippen molar-refractivity contribution in [1.29, 1.82) is 0 Å². The summed E-state index contributed by atoms with van der Waals surface area (Å²) in [6, 6.07) is 2.93. The Kier molecular flexibility index (Phi) is 4.28. The Morgan fingerprint density at radius 2 is 2.15 bits per heavy atom. The third-order valence-corrected chi connectivity index (χ3v) is 4.23. The van der Waals surface area contributed by atoms with Gasteiger partial charge in [-0.2, -0.15) is 0 Å². The molecule has 1 fully saturated rings. The number of aliphatic hydroxyl groups is 1. The van der Waals surface area contributed by atoms with Crippen molar-refractivity contribution >= 4 is 5.91 Å². The molecule has 0 radical (unpaired) electrons. The van der Waals surface area contributed by atoms with Gasteiger partial charge in [-0.05, 0) is 32.1 Å². The molecule has 1 aromatic rings. The Balaban J connectivity index is 2.13. The molecular weight excluding hydrogens is 256 g/mol. The second-order valence-electron chi connectivity index (χ2n) is 5.65. The molecule has 1 aliphatic carbocycles. The normalized spacial score (nSPS) is 23.0. The summed E-state index contributed by atoms with van der Waals surface area (Å²) >= 11 is 0. The van der Waals surface area contributed by atoms with Gasteiger partial charge in [0.1, 0.15) is 5.69 Å². The van der Waals surface area contributed by atoms with Crippen LogP contribution in [0.4, 0.5) is 0 Å². The lowest BCUT2D eigenvalue weighted by molar-refractivity contribution is 0.0231. The molecule has 0 bridgehead atoms. The van der Waals surface area contributed by atoms with E-state index in [1.54, 1.807) is 18.5 Å². The Bertz CT molecular complexity index is 559. The smallest absolute Gasteiger partial charge is 0.268 e. The fourth-order valence-corrected chi connectivity index (χ4v) is 2.74. The van der Waals surface area contributed by atoms with Gasteiger partial charge in [-0.25, -0.2) is 0 Å². The number of hydrogen-bond acceptors (Lipinski definition) is 3. The average Bonchev–Trinajstić information content (AvgIpc) is 2.36. The van der Waals surface area contributed by atoms with E-state index < -0.39 is 0 Å². The highest BCUT2D eigenvalue weighted by Crippen LogP contribution is 2.31. The number of aryl methyl sites for hydroxylation is 1. The summed E-state index contributed by atoms with van der Waals surface area (Å²) < 4.78 is 1.72. The summed E-state index contributed by atoms with van der Waals surface area (Å²) in [7, 11) is 1.78. The van der Waals surface area contributed by atoms with Gasteiger partial charge in [0.15, 0.2) is 5.43 Å². The molecule has 1 heterocycles. The zero-order valence-electron chi connectivity index (χ0n) is 12.2. The molecule has 2 rings (SSSR count). The predicted molar refractivity (Wildman–Crippen MR) is 76.7 cm³/mol. The zero-order chi connectivity index (χ0) is 14.9. The molecule has 0 spiro atoms. The van der Waals surface area contributed by atoms with E-state index in [0.29, 0.717) is 11.6 Å². The van der Waals surface area contributed by atoms with Gasteiger partial charge in [-0.15, -0.1) is 0 Å². The van der Waals surface area contributed by atoms with E-state index in [9.17, 15) is 14.7 Å². The summed E-state index contributed by atoms with van der Waals surface area (Å²) in [5.74, 6) is 0.113. The molecule has 1 aliphatic rings. The number of nitrogens with zero attached hydrogens (tertiary/aromatic N) is 1. The van der Waals surface area contributed by atoms with Crippen molar-refractivity contribution < 1.29 is 9.90 Å². The molecule has 1 atom stereocenters. The van der Waals surface area contributed by atoms with Crippen LogP contribution < -0.4 is 10.7 Å². The van der Waals surface area contributed by atoms with Crippen LogP contribution in [0.1, 0.15) is 42.4 Å². The molecule has 0 unspecified atom stereocenters. The first-order valence-corrected chi connectivity index (χ1v) is 7.09. The van der Waals surface area contributed by atoms with E-state index in [0.717, 1.165) is 25.0 Å². The number of nitrogens with one attached hydrogen (secondary N) is 1. The van der Waals surface area contributed by atoms with Gasteiger partial charge >= 0.3 is 0 Å². The van der Waals surface area contributed by atoms with Crippen molar-refractivity contribution in [2.45, 2.75) is 45.3 Å². The third kappa shape index (κ3) is 2.93. The number of aromatic nitrogens is 1. The van der Waals surface area contributed by atoms with E-state index in [-0.39, 0.29) is 23.5 Å². The second kappa shape index (κ2) is 5.79. The molecule has 2 N–H and O–H groups in total. The molecule has 0 aliphatic heterocycles. The van der Waals surface area contributed by atoms with Crippen LogP contribution >= 0.6 is 0 Å². The number of hydrogen-bond donors (Lipinski definition) is 2. The van der Waals surface area contributed by atoms with Crippen LogP contribution in [-0.4, -0.2) is 27.7 Å². The van der Waals surface area contributed by atoms with Gasteiger partial charge in [0.25, 0.3) is 5.91 Å². The Morgan fingerprint density at radius 3 is 2.70 bits per heavy atom. The third-order valence-electron chi connectivity index (χ3n) is 4.23. The Morgan fingerprint density at radius 1 is 1.50 bits per heavy atom. The number of carbonyl (C=O) groups excluding carboxylic acids is 1. The monoisotopic (exact) mass is 278 g/mol. The second-order valence-corrected chi connectivity index (χ2v) is 5.65. The van der Waals surface area contributed by atoms with Crippen LogP contribution in [0.15, 0.2) is 16.9 Å². The van der Waals surface area contributed by atoms with E-state index in [2.05, 4.69) is 5.32 Å². The summed E-state index contributed by atoms with van der Waals surface area (Å²) in [5, 5.41) is 12.4. The molecule has 5 heteroatoms. The molecule has 0 saturated heterocycles. The topological polar surface area (TPSA) is 71.3 Å². The standard InChI is InChI=1S/C15H22N2O3/c1-4-13(10-6-12(19)7-10)16-15(20)14-8-11(18)5-9(2)17(14)3/h5,8,10,12-13,19H,4,6-7H2,1-3H3,(H,16,20)/t10?,12?,13-/m0/s1. The molecule has 1 aromatic heterocycles. The Labute approximate surface area is 118 Å². The van der Waals surface area contributed by atoms with E-state index in [1.807, 2.05) is 6.92 Å². The van der Waals surface area contributed by atoms with Crippen LogP contribution in [0.2, 0.25) is 0 Å². The number of aliphatic hydroxyl groups excluding tert-OH is 1. The summed E-state index contributed by atoms with van der Waals surface area (Å²) in [5.41, 5.74) is 0.987. The minimum absolute atomic E-state index is 0.0570. The molecule has 110 valence electrons. The van der Waals surface area contributed by atoms with E-state index in [4.69, 9.17) is 0 Å². The fourth-order valence-electron chi connectivity index (χ4n) is 2.74. The number of rotatable bonds is 4.